The second-order valence-electron chi connectivity index (χ2n) is 9.70. The molecule has 2 heterocycles. The van der Waals surface area contributed by atoms with Crippen LogP contribution in [0, 0.1) is 0 Å². The molecule has 0 aliphatic heterocycles. The quantitative estimate of drug-likeness (QED) is 0.208. The van der Waals surface area contributed by atoms with Gasteiger partial charge in [0.2, 0.25) is 5.82 Å². The van der Waals surface area contributed by atoms with Crippen molar-refractivity contribution in [3.8, 4) is 28.5 Å². The molecule has 0 aliphatic carbocycles. The molecule has 0 spiro atoms. The fraction of sp³-hybridized carbons (Fsp3) is 0.156. The molecular weight excluding hydrogens is 550 g/mol. The van der Waals surface area contributed by atoms with E-state index in [2.05, 4.69) is 50.2 Å². The highest BCUT2D eigenvalue weighted by Crippen LogP contribution is 2.31. The van der Waals surface area contributed by atoms with E-state index < -0.39 is 0 Å². The first-order valence-electron chi connectivity index (χ1n) is 13.7. The Labute approximate surface area is 247 Å². The number of hydrogen-bond donors (Lipinski definition) is 2. The number of amides is 1. The van der Waals surface area contributed by atoms with E-state index in [4.69, 9.17) is 21.3 Å². The summed E-state index contributed by atoms with van der Waals surface area (Å²) in [5.74, 6) is 0.382. The van der Waals surface area contributed by atoms with E-state index in [9.17, 15) is 4.79 Å². The number of imidazole rings is 1. The third-order valence-corrected chi connectivity index (χ3v) is 7.23. The second kappa shape index (κ2) is 12.2. The molecule has 2 aromatic heterocycles. The van der Waals surface area contributed by atoms with Crippen molar-refractivity contribution in [1.29, 1.82) is 0 Å². The first-order valence-corrected chi connectivity index (χ1v) is 14.1. The van der Waals surface area contributed by atoms with Gasteiger partial charge in [-0.1, -0.05) is 78.3 Å². The van der Waals surface area contributed by atoms with Crippen molar-refractivity contribution >= 4 is 28.5 Å². The first-order chi connectivity index (χ1) is 20.6. The molecule has 0 saturated heterocycles. The Hall–Kier alpha value is -5.02. The number of nitrogens with zero attached hydrogens (tertiary/aromatic N) is 5. The lowest BCUT2D eigenvalue weighted by molar-refractivity contribution is 0.0955. The average molecular weight is 578 g/mol. The fourth-order valence-corrected chi connectivity index (χ4v) is 5.10. The summed E-state index contributed by atoms with van der Waals surface area (Å²) in [5, 5.41) is 18.3. The van der Waals surface area contributed by atoms with Gasteiger partial charge in [-0.25, -0.2) is 0 Å². The van der Waals surface area contributed by atoms with Crippen molar-refractivity contribution in [3.05, 3.63) is 113 Å². The first kappa shape index (κ1) is 27.2. The number of nitrogens with one attached hydrogen (secondary N) is 2. The highest BCUT2D eigenvalue weighted by atomic mass is 35.5. The summed E-state index contributed by atoms with van der Waals surface area (Å²) in [5.41, 5.74) is 7.05. The van der Waals surface area contributed by atoms with E-state index in [1.807, 2.05) is 78.2 Å². The van der Waals surface area contributed by atoms with Crippen LogP contribution in [0.5, 0.6) is 6.01 Å². The van der Waals surface area contributed by atoms with Crippen molar-refractivity contribution in [2.75, 3.05) is 13.2 Å². The molecule has 6 rings (SSSR count). The van der Waals surface area contributed by atoms with Gasteiger partial charge < -0.3 is 10.1 Å². The number of hydrogen-bond acceptors (Lipinski definition) is 6. The topological polar surface area (TPSA) is 111 Å². The predicted octanol–water partition coefficient (Wildman–Crippen LogP) is 5.96. The number of rotatable bonds is 10. The van der Waals surface area contributed by atoms with E-state index in [0.29, 0.717) is 54.1 Å². The number of benzene rings is 4. The monoisotopic (exact) mass is 577 g/mol. The van der Waals surface area contributed by atoms with Crippen molar-refractivity contribution in [2.24, 2.45) is 0 Å². The Bertz CT molecular complexity index is 1820. The maximum Gasteiger partial charge on any atom is 0.297 e. The summed E-state index contributed by atoms with van der Waals surface area (Å²) in [6, 6.07) is 29.9. The van der Waals surface area contributed by atoms with Crippen LogP contribution in [0.25, 0.3) is 33.5 Å². The fourth-order valence-electron chi connectivity index (χ4n) is 4.98. The normalized spacial score (nSPS) is 11.1. The molecule has 0 saturated carbocycles. The Kier molecular flexibility index (Phi) is 7.91. The summed E-state index contributed by atoms with van der Waals surface area (Å²) >= 11 is 5.99. The number of carbonyl (C=O) groups is 1. The zero-order chi connectivity index (χ0) is 28.9. The molecule has 42 heavy (non-hydrogen) atoms. The molecule has 0 radical (unpaired) electrons. The van der Waals surface area contributed by atoms with E-state index >= 15 is 0 Å². The molecular formula is C32H28ClN7O2. The molecule has 4 aromatic carbocycles. The number of carbonyl (C=O) groups excluding carboxylic acids is 1. The standard InChI is InChI=1S/C32H28ClN7O2/c1-2-42-32-35-28-9-5-8-27(31(41)34-19-18-21-12-16-24(33)17-13-21)29(28)40(32)20-22-10-14-23(15-11-22)25-6-3-4-7-26(25)30-36-38-39-37-30/h3-17H,2,18-20H2,1H3,(H,34,41)(H,36,37,38,39). The largest absolute Gasteiger partial charge is 0.465 e. The van der Waals surface area contributed by atoms with Gasteiger partial charge in [-0.15, -0.1) is 10.2 Å². The molecule has 6 aromatic rings. The van der Waals surface area contributed by atoms with E-state index in [-0.39, 0.29) is 5.91 Å². The molecule has 9 nitrogen and oxygen atoms in total. The van der Waals surface area contributed by atoms with Crippen LogP contribution >= 0.6 is 11.6 Å². The van der Waals surface area contributed by atoms with E-state index in [1.165, 1.54) is 0 Å². The molecule has 1 amide bonds. The SMILES string of the molecule is CCOc1nc2cccc(C(=O)NCCc3ccc(Cl)cc3)c2n1Cc1ccc(-c2ccccc2-c2nn[nH]n2)cc1. The van der Waals surface area contributed by atoms with E-state index in [0.717, 1.165) is 33.3 Å². The number of tetrazole rings is 1. The van der Waals surface area contributed by atoms with Crippen LogP contribution in [0.1, 0.15) is 28.4 Å². The third kappa shape index (κ3) is 5.73. The van der Waals surface area contributed by atoms with Crippen molar-refractivity contribution in [3.63, 3.8) is 0 Å². The number of aromatic nitrogens is 6. The molecule has 2 N–H and O–H groups in total. The summed E-state index contributed by atoms with van der Waals surface area (Å²) in [7, 11) is 0. The summed E-state index contributed by atoms with van der Waals surface area (Å²) < 4.78 is 7.88. The van der Waals surface area contributed by atoms with Gasteiger partial charge >= 0.3 is 0 Å². The molecule has 0 atom stereocenters. The lowest BCUT2D eigenvalue weighted by Gasteiger charge is -2.13. The van der Waals surface area contributed by atoms with Crippen LogP contribution in [-0.4, -0.2) is 49.2 Å². The van der Waals surface area contributed by atoms with Gasteiger partial charge in [-0.05, 0) is 65.1 Å². The van der Waals surface area contributed by atoms with Gasteiger partial charge in [-0.2, -0.15) is 10.2 Å². The number of fused-ring (bicyclic) bond motifs is 1. The van der Waals surface area contributed by atoms with Crippen LogP contribution in [0.15, 0.2) is 91.0 Å². The van der Waals surface area contributed by atoms with Crippen LogP contribution in [-0.2, 0) is 13.0 Å². The second-order valence-corrected chi connectivity index (χ2v) is 10.1. The average Bonchev–Trinajstić information content (AvgIpc) is 3.67. The zero-order valence-corrected chi connectivity index (χ0v) is 23.7. The number of aromatic amines is 1. The Morgan fingerprint density at radius 2 is 1.69 bits per heavy atom. The van der Waals surface area contributed by atoms with Gasteiger partial charge in [0.05, 0.1) is 29.7 Å². The molecule has 210 valence electrons. The number of halogens is 1. The maximum atomic E-state index is 13.4. The van der Waals surface area contributed by atoms with E-state index in [1.54, 1.807) is 0 Å². The summed E-state index contributed by atoms with van der Waals surface area (Å²) in [6.45, 7) is 3.35. The van der Waals surface area contributed by atoms with Crippen LogP contribution < -0.4 is 10.1 Å². The molecule has 0 unspecified atom stereocenters. The van der Waals surface area contributed by atoms with Crippen molar-refractivity contribution in [1.82, 2.24) is 35.5 Å². The highest BCUT2D eigenvalue weighted by molar-refractivity contribution is 6.30. The molecule has 0 fully saturated rings. The summed E-state index contributed by atoms with van der Waals surface area (Å²) in [6.07, 6.45) is 0.699. The van der Waals surface area contributed by atoms with Crippen LogP contribution in [0.2, 0.25) is 5.02 Å². The Balaban J connectivity index is 1.27. The smallest absolute Gasteiger partial charge is 0.297 e. The van der Waals surface area contributed by atoms with Gasteiger partial charge in [-0.3, -0.25) is 9.36 Å². The number of ether oxygens (including phenoxy) is 1. The van der Waals surface area contributed by atoms with Gasteiger partial charge in [0.1, 0.15) is 0 Å². The lowest BCUT2D eigenvalue weighted by Crippen LogP contribution is -2.26. The highest BCUT2D eigenvalue weighted by Gasteiger charge is 2.19. The van der Waals surface area contributed by atoms with Crippen LogP contribution in [0.3, 0.4) is 0 Å². The van der Waals surface area contributed by atoms with Crippen LogP contribution in [0.4, 0.5) is 0 Å². The van der Waals surface area contributed by atoms with Crippen molar-refractivity contribution < 1.29 is 9.53 Å². The predicted molar refractivity (Wildman–Crippen MR) is 163 cm³/mol. The maximum absolute atomic E-state index is 13.4. The molecule has 10 heteroatoms. The van der Waals surface area contributed by atoms with Crippen molar-refractivity contribution in [2.45, 2.75) is 19.9 Å². The molecule has 0 aliphatic rings. The van der Waals surface area contributed by atoms with Gasteiger partial charge in [0.15, 0.2) is 0 Å². The Morgan fingerprint density at radius 3 is 2.43 bits per heavy atom. The van der Waals surface area contributed by atoms with Gasteiger partial charge in [0.25, 0.3) is 11.9 Å². The Morgan fingerprint density at radius 1 is 0.929 bits per heavy atom. The third-order valence-electron chi connectivity index (χ3n) is 6.98. The van der Waals surface area contributed by atoms with Gasteiger partial charge in [0, 0.05) is 17.1 Å². The zero-order valence-electron chi connectivity index (χ0n) is 22.9. The minimum Gasteiger partial charge on any atom is -0.465 e. The minimum absolute atomic E-state index is 0.160. The minimum atomic E-state index is -0.160. The molecule has 0 bridgehead atoms. The summed E-state index contributed by atoms with van der Waals surface area (Å²) in [4.78, 5) is 18.1. The lowest BCUT2D eigenvalue weighted by atomic mass is 9.98. The number of para-hydroxylation sites is 1. The number of H-pyrrole nitrogens is 1.